The molecule has 0 saturated carbocycles. The summed E-state index contributed by atoms with van der Waals surface area (Å²) < 4.78 is 0. The van der Waals surface area contributed by atoms with Gasteiger partial charge in [0.2, 0.25) is 0 Å². The molecule has 2 saturated heterocycles. The van der Waals surface area contributed by atoms with Gasteiger partial charge < -0.3 is 10.4 Å². The van der Waals surface area contributed by atoms with Crippen LogP contribution in [0.1, 0.15) is 19.3 Å². The summed E-state index contributed by atoms with van der Waals surface area (Å²) in [5, 5.41) is 12.3. The van der Waals surface area contributed by atoms with E-state index in [1.165, 1.54) is 25.9 Å². The molecule has 0 bridgehead atoms. The largest absolute Gasteiger partial charge is 0.395 e. The topological polar surface area (TPSA) is 35.5 Å². The van der Waals surface area contributed by atoms with Gasteiger partial charge in [0.05, 0.1) is 6.61 Å². The summed E-state index contributed by atoms with van der Waals surface area (Å²) in [6.45, 7) is 3.91. The van der Waals surface area contributed by atoms with Gasteiger partial charge in [-0.1, -0.05) is 0 Å². The normalized spacial score (nSPS) is 32.4. The number of nitrogens with one attached hydrogen (secondary N) is 1. The lowest BCUT2D eigenvalue weighted by Gasteiger charge is -2.22. The molecule has 2 rings (SSSR count). The van der Waals surface area contributed by atoms with Crippen molar-refractivity contribution in [1.29, 1.82) is 0 Å². The average Bonchev–Trinajstić information content (AvgIpc) is 2.75. The number of rotatable bonds is 2. The molecule has 0 aromatic heterocycles. The number of nitrogens with zero attached hydrogens (tertiary/aromatic N) is 1. The van der Waals surface area contributed by atoms with Crippen LogP contribution in [0.5, 0.6) is 0 Å². The first-order valence-corrected chi connectivity index (χ1v) is 4.98. The van der Waals surface area contributed by atoms with Gasteiger partial charge in [-0.2, -0.15) is 0 Å². The molecule has 2 aliphatic heterocycles. The molecule has 0 radical (unpaired) electrons. The van der Waals surface area contributed by atoms with Crippen LogP contribution in [0.4, 0.5) is 0 Å². The van der Waals surface area contributed by atoms with Gasteiger partial charge in [-0.05, 0) is 32.4 Å². The summed E-state index contributed by atoms with van der Waals surface area (Å²) in [5.74, 6) is 0. The van der Waals surface area contributed by atoms with Crippen molar-refractivity contribution >= 4 is 24.8 Å². The summed E-state index contributed by atoms with van der Waals surface area (Å²) in [5.41, 5.74) is 0. The van der Waals surface area contributed by atoms with Crippen molar-refractivity contribution in [2.75, 3.05) is 26.2 Å². The molecule has 5 heteroatoms. The van der Waals surface area contributed by atoms with Crippen molar-refractivity contribution in [3.63, 3.8) is 0 Å². The monoisotopic (exact) mass is 242 g/mol. The fourth-order valence-corrected chi connectivity index (χ4v) is 2.32. The Morgan fingerprint density at radius 2 is 1.86 bits per heavy atom. The van der Waals surface area contributed by atoms with Crippen LogP contribution in [0.25, 0.3) is 0 Å². The molecule has 86 valence electrons. The number of aliphatic hydroxyl groups is 1. The Hall–Kier alpha value is 0.460. The molecule has 2 aliphatic rings. The number of halogens is 2. The molecule has 0 unspecified atom stereocenters. The quantitative estimate of drug-likeness (QED) is 0.747. The standard InChI is InChI=1S/C9H18N2O.2ClH/c12-7-8-5-9(6-10-8)11-3-1-2-4-11;;/h8-10,12H,1-7H2;2*1H/t8-,9-;;/m0../s1. The van der Waals surface area contributed by atoms with E-state index in [0.29, 0.717) is 18.7 Å². The van der Waals surface area contributed by atoms with Crippen LogP contribution in [0.3, 0.4) is 0 Å². The zero-order chi connectivity index (χ0) is 8.39. The fraction of sp³-hybridized carbons (Fsp3) is 1.00. The van der Waals surface area contributed by atoms with E-state index in [0.717, 1.165) is 13.0 Å². The van der Waals surface area contributed by atoms with Gasteiger partial charge in [-0.3, -0.25) is 4.90 Å². The Labute approximate surface area is 98.1 Å². The third-order valence-electron chi connectivity index (χ3n) is 3.08. The van der Waals surface area contributed by atoms with E-state index < -0.39 is 0 Å². The minimum Gasteiger partial charge on any atom is -0.395 e. The van der Waals surface area contributed by atoms with Crippen molar-refractivity contribution < 1.29 is 5.11 Å². The predicted octanol–water partition coefficient (Wildman–Crippen LogP) is 0.649. The second kappa shape index (κ2) is 6.85. The van der Waals surface area contributed by atoms with Crippen molar-refractivity contribution in [3.05, 3.63) is 0 Å². The van der Waals surface area contributed by atoms with E-state index in [4.69, 9.17) is 5.11 Å². The second-order valence-corrected chi connectivity index (χ2v) is 3.92. The van der Waals surface area contributed by atoms with Crippen molar-refractivity contribution in [1.82, 2.24) is 10.2 Å². The number of hydrogen-bond donors (Lipinski definition) is 2. The lowest BCUT2D eigenvalue weighted by Crippen LogP contribution is -2.34. The lowest BCUT2D eigenvalue weighted by atomic mass is 10.1. The Kier molecular flexibility index (Phi) is 7.08. The Balaban J connectivity index is 0.000000845. The van der Waals surface area contributed by atoms with Crippen LogP contribution in [0.15, 0.2) is 0 Å². The van der Waals surface area contributed by atoms with Gasteiger partial charge in [-0.15, -0.1) is 24.8 Å². The molecule has 3 nitrogen and oxygen atoms in total. The molecule has 0 spiro atoms. The first-order chi connectivity index (χ1) is 5.90. The van der Waals surface area contributed by atoms with Crippen LogP contribution < -0.4 is 5.32 Å². The van der Waals surface area contributed by atoms with E-state index in [2.05, 4.69) is 10.2 Å². The number of likely N-dealkylation sites (tertiary alicyclic amines) is 1. The predicted molar refractivity (Wildman–Crippen MR) is 62.6 cm³/mol. The Morgan fingerprint density at radius 1 is 1.21 bits per heavy atom. The van der Waals surface area contributed by atoms with Crippen LogP contribution >= 0.6 is 24.8 Å². The minimum atomic E-state index is 0. The first kappa shape index (κ1) is 14.5. The molecule has 0 aromatic rings. The third kappa shape index (κ3) is 3.24. The van der Waals surface area contributed by atoms with Gasteiger partial charge in [-0.25, -0.2) is 0 Å². The lowest BCUT2D eigenvalue weighted by molar-refractivity contribution is 0.230. The smallest absolute Gasteiger partial charge is 0.0585 e. The summed E-state index contributed by atoms with van der Waals surface area (Å²) in [7, 11) is 0. The molecule has 14 heavy (non-hydrogen) atoms. The minimum absolute atomic E-state index is 0. The van der Waals surface area contributed by atoms with E-state index in [1.54, 1.807) is 0 Å². The van der Waals surface area contributed by atoms with E-state index in [-0.39, 0.29) is 24.8 Å². The highest BCUT2D eigenvalue weighted by Crippen LogP contribution is 2.18. The first-order valence-electron chi connectivity index (χ1n) is 4.98. The SMILES string of the molecule is Cl.Cl.OC[C@@H]1C[C@H](N2CCCC2)CN1. The van der Waals surface area contributed by atoms with Crippen LogP contribution in [-0.2, 0) is 0 Å². The Morgan fingerprint density at radius 3 is 2.36 bits per heavy atom. The van der Waals surface area contributed by atoms with Gasteiger partial charge >= 0.3 is 0 Å². The van der Waals surface area contributed by atoms with Crippen LogP contribution in [0, 0.1) is 0 Å². The summed E-state index contributed by atoms with van der Waals surface area (Å²) in [6, 6.07) is 1.06. The summed E-state index contributed by atoms with van der Waals surface area (Å²) in [6.07, 6.45) is 3.86. The van der Waals surface area contributed by atoms with E-state index in [1.807, 2.05) is 0 Å². The summed E-state index contributed by atoms with van der Waals surface area (Å²) in [4.78, 5) is 2.56. The molecule has 0 amide bonds. The maximum Gasteiger partial charge on any atom is 0.0585 e. The number of hydrogen-bond acceptors (Lipinski definition) is 3. The highest BCUT2D eigenvalue weighted by atomic mass is 35.5. The van der Waals surface area contributed by atoms with Crippen LogP contribution in [-0.4, -0.2) is 48.3 Å². The Bertz CT molecular complexity index is 154. The van der Waals surface area contributed by atoms with Gasteiger partial charge in [0.1, 0.15) is 0 Å². The maximum absolute atomic E-state index is 8.95. The van der Waals surface area contributed by atoms with E-state index in [9.17, 15) is 0 Å². The fourth-order valence-electron chi connectivity index (χ4n) is 2.32. The van der Waals surface area contributed by atoms with E-state index >= 15 is 0 Å². The number of aliphatic hydroxyl groups excluding tert-OH is 1. The third-order valence-corrected chi connectivity index (χ3v) is 3.08. The molecule has 0 aromatic carbocycles. The zero-order valence-corrected chi connectivity index (χ0v) is 9.95. The molecular formula is C9H20Cl2N2O. The summed E-state index contributed by atoms with van der Waals surface area (Å²) >= 11 is 0. The highest BCUT2D eigenvalue weighted by molar-refractivity contribution is 5.85. The molecule has 0 aliphatic carbocycles. The van der Waals surface area contributed by atoms with Gasteiger partial charge in [0.15, 0.2) is 0 Å². The van der Waals surface area contributed by atoms with Crippen molar-refractivity contribution in [2.45, 2.75) is 31.3 Å². The molecule has 2 heterocycles. The average molecular weight is 243 g/mol. The second-order valence-electron chi connectivity index (χ2n) is 3.92. The molecule has 2 atom stereocenters. The maximum atomic E-state index is 8.95. The van der Waals surface area contributed by atoms with Gasteiger partial charge in [0, 0.05) is 18.6 Å². The molecular weight excluding hydrogens is 223 g/mol. The zero-order valence-electron chi connectivity index (χ0n) is 8.32. The van der Waals surface area contributed by atoms with Crippen molar-refractivity contribution in [2.24, 2.45) is 0 Å². The van der Waals surface area contributed by atoms with Crippen LogP contribution in [0.2, 0.25) is 0 Å². The highest BCUT2D eigenvalue weighted by Gasteiger charge is 2.29. The van der Waals surface area contributed by atoms with Gasteiger partial charge in [0.25, 0.3) is 0 Å². The van der Waals surface area contributed by atoms with Crippen molar-refractivity contribution in [3.8, 4) is 0 Å². The molecule has 2 fully saturated rings. The molecule has 2 N–H and O–H groups in total.